The molecule has 0 saturated heterocycles. The van der Waals surface area contributed by atoms with Crippen LogP contribution < -0.4 is 10.6 Å². The summed E-state index contributed by atoms with van der Waals surface area (Å²) in [6.07, 6.45) is 1.85. The zero-order valence-corrected chi connectivity index (χ0v) is 21.9. The van der Waals surface area contributed by atoms with Gasteiger partial charge in [-0.2, -0.15) is 0 Å². The van der Waals surface area contributed by atoms with E-state index in [1.807, 2.05) is 45.9 Å². The monoisotopic (exact) mass is 461 g/mol. The van der Waals surface area contributed by atoms with E-state index in [1.165, 1.54) is 4.90 Å². The van der Waals surface area contributed by atoms with E-state index in [0.29, 0.717) is 13.0 Å². The highest BCUT2D eigenvalue weighted by Crippen LogP contribution is 2.26. The second-order valence-corrected chi connectivity index (χ2v) is 9.87. The summed E-state index contributed by atoms with van der Waals surface area (Å²) in [6.45, 7) is 15.7. The van der Waals surface area contributed by atoms with E-state index in [0.717, 1.165) is 29.5 Å². The number of alkyl carbamates (subject to hydrolysis) is 1. The lowest BCUT2D eigenvalue weighted by atomic mass is 9.94. The van der Waals surface area contributed by atoms with Gasteiger partial charge in [0.25, 0.3) is 0 Å². The first kappa shape index (κ1) is 28.5. The van der Waals surface area contributed by atoms with Crippen molar-refractivity contribution in [2.45, 2.75) is 92.3 Å². The fourth-order valence-corrected chi connectivity index (χ4v) is 3.61. The van der Waals surface area contributed by atoms with Gasteiger partial charge < -0.3 is 20.3 Å². The second kappa shape index (κ2) is 12.6. The lowest BCUT2D eigenvalue weighted by molar-refractivity contribution is -0.141. The van der Waals surface area contributed by atoms with Crippen molar-refractivity contribution in [3.05, 3.63) is 34.9 Å². The standard InChI is InChI=1S/C26H43N3O4/c1-10-12-15-27-23(30)22(20-14-13-17(3)16-19(20)5)29(9)24(31)21(18(4)11-2)28-25(32)33-26(6,7)8/h13-14,16,18,21-22H,10-12,15H2,1-9H3,(H,27,30)(H,28,32). The number of carbonyl (C=O) groups excluding carboxylic acids is 3. The molecule has 3 unspecified atom stereocenters. The summed E-state index contributed by atoms with van der Waals surface area (Å²) in [6, 6.07) is 4.23. The molecule has 33 heavy (non-hydrogen) atoms. The van der Waals surface area contributed by atoms with E-state index in [2.05, 4.69) is 17.6 Å². The van der Waals surface area contributed by atoms with Gasteiger partial charge in [0, 0.05) is 13.6 Å². The molecular formula is C26H43N3O4. The zero-order chi connectivity index (χ0) is 25.3. The third-order valence-electron chi connectivity index (χ3n) is 5.68. The normalized spacial score (nSPS) is 14.1. The molecule has 7 heteroatoms. The number of nitrogens with one attached hydrogen (secondary N) is 2. The Kier molecular flexibility index (Phi) is 10.9. The molecule has 0 aromatic heterocycles. The van der Waals surface area contributed by atoms with Crippen molar-refractivity contribution in [2.24, 2.45) is 5.92 Å². The molecule has 1 aromatic rings. The summed E-state index contributed by atoms with van der Waals surface area (Å²) in [5.41, 5.74) is 2.11. The average molecular weight is 462 g/mol. The first-order chi connectivity index (χ1) is 15.3. The topological polar surface area (TPSA) is 87.7 Å². The Balaban J connectivity index is 3.29. The van der Waals surface area contributed by atoms with Gasteiger partial charge in [0.05, 0.1) is 0 Å². The minimum atomic E-state index is -0.813. The second-order valence-electron chi connectivity index (χ2n) is 9.87. The molecular weight excluding hydrogens is 418 g/mol. The molecule has 1 rings (SSSR count). The summed E-state index contributed by atoms with van der Waals surface area (Å²) >= 11 is 0. The van der Waals surface area contributed by atoms with Crippen molar-refractivity contribution in [1.82, 2.24) is 15.5 Å². The fraction of sp³-hybridized carbons (Fsp3) is 0.654. The van der Waals surface area contributed by atoms with Crippen LogP contribution in [0, 0.1) is 19.8 Å². The van der Waals surface area contributed by atoms with E-state index in [9.17, 15) is 14.4 Å². The number of ether oxygens (including phenoxy) is 1. The number of rotatable bonds is 10. The molecule has 0 aliphatic rings. The lowest BCUT2D eigenvalue weighted by Crippen LogP contribution is -2.54. The van der Waals surface area contributed by atoms with Crippen LogP contribution in [0.2, 0.25) is 0 Å². The molecule has 0 aliphatic heterocycles. The first-order valence-corrected chi connectivity index (χ1v) is 11.9. The Hall–Kier alpha value is -2.57. The lowest BCUT2D eigenvalue weighted by Gasteiger charge is -2.34. The van der Waals surface area contributed by atoms with Crippen molar-refractivity contribution in [3.63, 3.8) is 0 Å². The van der Waals surface area contributed by atoms with Gasteiger partial charge in [0.2, 0.25) is 11.8 Å². The van der Waals surface area contributed by atoms with Crippen LogP contribution in [0.1, 0.15) is 83.5 Å². The maximum absolute atomic E-state index is 13.6. The van der Waals surface area contributed by atoms with Gasteiger partial charge in [-0.3, -0.25) is 9.59 Å². The van der Waals surface area contributed by atoms with Gasteiger partial charge >= 0.3 is 6.09 Å². The molecule has 0 aliphatic carbocycles. The Morgan fingerprint density at radius 1 is 1.12 bits per heavy atom. The third-order valence-corrected chi connectivity index (χ3v) is 5.68. The number of amides is 3. The molecule has 3 atom stereocenters. The van der Waals surface area contributed by atoms with E-state index < -0.39 is 23.8 Å². The Morgan fingerprint density at radius 2 is 1.76 bits per heavy atom. The van der Waals surface area contributed by atoms with Crippen LogP contribution in [-0.2, 0) is 14.3 Å². The SMILES string of the molecule is CCCCNC(=O)C(c1ccc(C)cc1C)N(C)C(=O)C(NC(=O)OC(C)(C)C)C(C)CC. The molecule has 0 heterocycles. The first-order valence-electron chi connectivity index (χ1n) is 11.9. The summed E-state index contributed by atoms with van der Waals surface area (Å²) in [4.78, 5) is 40.8. The molecule has 7 nitrogen and oxygen atoms in total. The van der Waals surface area contributed by atoms with Crippen molar-refractivity contribution in [3.8, 4) is 0 Å². The van der Waals surface area contributed by atoms with Crippen molar-refractivity contribution in [1.29, 1.82) is 0 Å². The summed E-state index contributed by atoms with van der Waals surface area (Å²) in [5.74, 6) is -0.701. The number of aryl methyl sites for hydroxylation is 2. The van der Waals surface area contributed by atoms with Gasteiger partial charge in [0.1, 0.15) is 17.7 Å². The molecule has 0 bridgehead atoms. The third kappa shape index (κ3) is 8.71. The highest BCUT2D eigenvalue weighted by Gasteiger charge is 2.36. The summed E-state index contributed by atoms with van der Waals surface area (Å²) < 4.78 is 5.38. The number of hydrogen-bond acceptors (Lipinski definition) is 4. The number of hydrogen-bond donors (Lipinski definition) is 2. The van der Waals surface area contributed by atoms with Crippen LogP contribution in [0.15, 0.2) is 18.2 Å². The average Bonchev–Trinajstić information content (AvgIpc) is 2.71. The Bertz CT molecular complexity index is 816. The quantitative estimate of drug-likeness (QED) is 0.496. The van der Waals surface area contributed by atoms with Crippen molar-refractivity contribution in [2.75, 3.05) is 13.6 Å². The molecule has 0 fully saturated rings. The Labute approximate surface area is 199 Å². The smallest absolute Gasteiger partial charge is 0.408 e. The van der Waals surface area contributed by atoms with Crippen LogP contribution in [0.4, 0.5) is 4.79 Å². The van der Waals surface area contributed by atoms with Gasteiger partial charge in [0.15, 0.2) is 0 Å². The summed E-state index contributed by atoms with van der Waals surface area (Å²) in [5, 5.41) is 5.71. The number of likely N-dealkylation sites (N-methyl/N-ethyl adjacent to an activating group) is 1. The minimum absolute atomic E-state index is 0.143. The maximum Gasteiger partial charge on any atom is 0.408 e. The highest BCUT2D eigenvalue weighted by atomic mass is 16.6. The van der Waals surface area contributed by atoms with E-state index >= 15 is 0 Å². The van der Waals surface area contributed by atoms with E-state index in [1.54, 1.807) is 27.8 Å². The molecule has 0 spiro atoms. The fourth-order valence-electron chi connectivity index (χ4n) is 3.61. The van der Waals surface area contributed by atoms with Gasteiger partial charge in [-0.05, 0) is 58.1 Å². The molecule has 0 radical (unpaired) electrons. The van der Waals surface area contributed by atoms with Crippen LogP contribution in [0.5, 0.6) is 0 Å². The van der Waals surface area contributed by atoms with Crippen LogP contribution in [0.3, 0.4) is 0 Å². The predicted octanol–water partition coefficient (Wildman–Crippen LogP) is 4.66. The molecule has 186 valence electrons. The van der Waals surface area contributed by atoms with Crippen LogP contribution in [-0.4, -0.2) is 48.0 Å². The van der Waals surface area contributed by atoms with Gasteiger partial charge in [-0.15, -0.1) is 0 Å². The van der Waals surface area contributed by atoms with Crippen molar-refractivity contribution < 1.29 is 19.1 Å². The highest BCUT2D eigenvalue weighted by molar-refractivity contribution is 5.92. The maximum atomic E-state index is 13.6. The van der Waals surface area contributed by atoms with Crippen LogP contribution >= 0.6 is 0 Å². The summed E-state index contributed by atoms with van der Waals surface area (Å²) in [7, 11) is 1.62. The zero-order valence-electron chi connectivity index (χ0n) is 21.9. The number of nitrogens with zero attached hydrogens (tertiary/aromatic N) is 1. The van der Waals surface area contributed by atoms with Crippen LogP contribution in [0.25, 0.3) is 0 Å². The largest absolute Gasteiger partial charge is 0.444 e. The minimum Gasteiger partial charge on any atom is -0.444 e. The molecule has 3 amide bonds. The van der Waals surface area contributed by atoms with Gasteiger partial charge in [-0.25, -0.2) is 4.79 Å². The van der Waals surface area contributed by atoms with E-state index in [4.69, 9.17) is 4.74 Å². The predicted molar refractivity (Wildman–Crippen MR) is 132 cm³/mol. The van der Waals surface area contributed by atoms with Crippen molar-refractivity contribution >= 4 is 17.9 Å². The molecule has 0 saturated carbocycles. The van der Waals surface area contributed by atoms with E-state index in [-0.39, 0.29) is 17.7 Å². The number of carbonyl (C=O) groups is 3. The molecule has 2 N–H and O–H groups in total. The molecule has 1 aromatic carbocycles. The van der Waals surface area contributed by atoms with Gasteiger partial charge in [-0.1, -0.05) is 57.4 Å². The number of benzene rings is 1. The number of unbranched alkanes of at least 4 members (excludes halogenated alkanes) is 1. The Morgan fingerprint density at radius 3 is 2.27 bits per heavy atom.